The number of hydrogen-bond acceptors (Lipinski definition) is 6. The van der Waals surface area contributed by atoms with E-state index >= 15 is 0 Å². The largest absolute Gasteiger partial charge is 0.481 e. The van der Waals surface area contributed by atoms with Crippen molar-refractivity contribution in [1.82, 2.24) is 14.9 Å². The van der Waals surface area contributed by atoms with Crippen LogP contribution >= 0.6 is 0 Å². The number of rotatable bonds is 7. The molecule has 1 aromatic heterocycles. The van der Waals surface area contributed by atoms with Gasteiger partial charge in [0.1, 0.15) is 29.5 Å². The molecule has 4 rings (SSSR count). The molecule has 1 amide bonds. The van der Waals surface area contributed by atoms with E-state index in [-0.39, 0.29) is 11.7 Å². The van der Waals surface area contributed by atoms with E-state index in [9.17, 15) is 9.18 Å². The third kappa shape index (κ3) is 5.79. The normalized spacial score (nSPS) is 15.2. The van der Waals surface area contributed by atoms with Gasteiger partial charge in [0.2, 0.25) is 0 Å². The van der Waals surface area contributed by atoms with Crippen molar-refractivity contribution in [2.45, 2.75) is 19.6 Å². The lowest BCUT2D eigenvalue weighted by molar-refractivity contribution is -0.122. The number of carbonyl (C=O) groups is 1. The van der Waals surface area contributed by atoms with Crippen LogP contribution in [0.4, 0.5) is 16.0 Å². The molecule has 1 saturated heterocycles. The van der Waals surface area contributed by atoms with Gasteiger partial charge in [-0.2, -0.15) is 0 Å². The Labute approximate surface area is 186 Å². The summed E-state index contributed by atoms with van der Waals surface area (Å²) in [6.07, 6.45) is 0.688. The Kier molecular flexibility index (Phi) is 6.91. The van der Waals surface area contributed by atoms with Gasteiger partial charge in [0.05, 0.1) is 0 Å². The molecule has 32 heavy (non-hydrogen) atoms. The monoisotopic (exact) mass is 435 g/mol. The molecule has 1 aliphatic rings. The van der Waals surface area contributed by atoms with E-state index in [0.29, 0.717) is 11.6 Å². The molecule has 1 fully saturated rings. The number of ether oxygens (including phenoxy) is 1. The van der Waals surface area contributed by atoms with E-state index in [1.807, 2.05) is 6.07 Å². The maximum absolute atomic E-state index is 13.0. The lowest BCUT2D eigenvalue weighted by Gasteiger charge is -2.35. The number of nitrogens with zero attached hydrogens (tertiary/aromatic N) is 4. The Morgan fingerprint density at radius 3 is 2.50 bits per heavy atom. The van der Waals surface area contributed by atoms with Crippen molar-refractivity contribution in [3.63, 3.8) is 0 Å². The molecule has 1 unspecified atom stereocenters. The summed E-state index contributed by atoms with van der Waals surface area (Å²) in [7, 11) is 0. The second kappa shape index (κ2) is 10.2. The maximum Gasteiger partial charge on any atom is 0.266 e. The number of carbonyl (C=O) groups excluding carboxylic acids is 1. The van der Waals surface area contributed by atoms with Crippen LogP contribution in [0.2, 0.25) is 0 Å². The topological polar surface area (TPSA) is 70.6 Å². The van der Waals surface area contributed by atoms with Gasteiger partial charge in [0, 0.05) is 38.8 Å². The number of halogens is 1. The molecule has 1 atom stereocenters. The summed E-state index contributed by atoms with van der Waals surface area (Å²) in [5, 5.41) is 2.77. The number of piperazine rings is 1. The highest BCUT2D eigenvalue weighted by Crippen LogP contribution is 2.18. The first-order valence-corrected chi connectivity index (χ1v) is 10.6. The molecule has 0 spiro atoms. The third-order valence-corrected chi connectivity index (χ3v) is 5.34. The summed E-state index contributed by atoms with van der Waals surface area (Å²) in [6.45, 7) is 6.13. The first-order valence-electron chi connectivity index (χ1n) is 10.6. The molecule has 0 aliphatic carbocycles. The smallest absolute Gasteiger partial charge is 0.266 e. The molecule has 1 N–H and O–H groups in total. The van der Waals surface area contributed by atoms with E-state index in [4.69, 9.17) is 4.74 Å². The summed E-state index contributed by atoms with van der Waals surface area (Å²) >= 11 is 0. The quantitative estimate of drug-likeness (QED) is 0.614. The number of nitrogens with one attached hydrogen (secondary N) is 1. The SMILES string of the molecule is CC(Oc1ccc(F)cc1)C(=O)Nc1cc(N2CCN(Cc3ccccc3)CC2)ncn1. The van der Waals surface area contributed by atoms with Gasteiger partial charge < -0.3 is 15.0 Å². The molecule has 3 aromatic rings. The molecule has 7 nitrogen and oxygen atoms in total. The fraction of sp³-hybridized carbons (Fsp3) is 0.292. The number of aromatic nitrogens is 2. The predicted octanol–water partition coefficient (Wildman–Crippen LogP) is 3.34. The van der Waals surface area contributed by atoms with Gasteiger partial charge in [-0.1, -0.05) is 30.3 Å². The lowest BCUT2D eigenvalue weighted by atomic mass is 10.2. The van der Waals surface area contributed by atoms with Gasteiger partial charge >= 0.3 is 0 Å². The standard InChI is InChI=1S/C24H26FN5O2/c1-18(32-21-9-7-20(25)8-10-21)24(31)28-22-15-23(27-17-26-22)30-13-11-29(12-14-30)16-19-5-3-2-4-6-19/h2-10,15,17-18H,11-14,16H2,1H3,(H,26,27,28,31). The van der Waals surface area contributed by atoms with E-state index in [2.05, 4.69) is 49.4 Å². The van der Waals surface area contributed by atoms with Crippen LogP contribution in [0.25, 0.3) is 0 Å². The van der Waals surface area contributed by atoms with E-state index < -0.39 is 6.10 Å². The van der Waals surface area contributed by atoms with E-state index in [1.54, 1.807) is 13.0 Å². The number of hydrogen-bond donors (Lipinski definition) is 1. The van der Waals surface area contributed by atoms with Gasteiger partial charge in [-0.05, 0) is 36.8 Å². The van der Waals surface area contributed by atoms with Gasteiger partial charge in [0.15, 0.2) is 6.10 Å². The van der Waals surface area contributed by atoms with Gasteiger partial charge in [-0.15, -0.1) is 0 Å². The zero-order chi connectivity index (χ0) is 22.3. The fourth-order valence-electron chi connectivity index (χ4n) is 3.56. The molecule has 0 radical (unpaired) electrons. The molecule has 8 heteroatoms. The Morgan fingerprint density at radius 1 is 1.06 bits per heavy atom. The van der Waals surface area contributed by atoms with Crippen LogP contribution < -0.4 is 15.0 Å². The lowest BCUT2D eigenvalue weighted by Crippen LogP contribution is -2.46. The number of amides is 1. The average Bonchev–Trinajstić information content (AvgIpc) is 2.82. The van der Waals surface area contributed by atoms with Gasteiger partial charge in [-0.3, -0.25) is 9.69 Å². The van der Waals surface area contributed by atoms with Crippen LogP contribution in [0.5, 0.6) is 5.75 Å². The number of benzene rings is 2. The van der Waals surface area contributed by atoms with Crippen molar-refractivity contribution in [3.8, 4) is 5.75 Å². The van der Waals surface area contributed by atoms with Crippen molar-refractivity contribution in [2.75, 3.05) is 36.4 Å². The molecular weight excluding hydrogens is 409 g/mol. The molecule has 2 aromatic carbocycles. The van der Waals surface area contributed by atoms with Crippen LogP contribution in [-0.4, -0.2) is 53.1 Å². The van der Waals surface area contributed by atoms with E-state index in [1.165, 1.54) is 36.2 Å². The highest BCUT2D eigenvalue weighted by Gasteiger charge is 2.20. The van der Waals surface area contributed by atoms with Crippen molar-refractivity contribution in [3.05, 3.63) is 78.4 Å². The van der Waals surface area contributed by atoms with Crippen molar-refractivity contribution in [1.29, 1.82) is 0 Å². The Balaban J connectivity index is 1.30. The van der Waals surface area contributed by atoms with Crippen molar-refractivity contribution >= 4 is 17.5 Å². The number of anilines is 2. The first-order chi connectivity index (χ1) is 15.6. The van der Waals surface area contributed by atoms with Crippen molar-refractivity contribution in [2.24, 2.45) is 0 Å². The predicted molar refractivity (Wildman–Crippen MR) is 121 cm³/mol. The summed E-state index contributed by atoms with van der Waals surface area (Å²) in [6, 6.07) is 17.8. The second-order valence-corrected chi connectivity index (χ2v) is 7.71. The van der Waals surface area contributed by atoms with Crippen LogP contribution in [0, 0.1) is 5.82 Å². The zero-order valence-electron chi connectivity index (χ0n) is 17.9. The highest BCUT2D eigenvalue weighted by molar-refractivity contribution is 5.93. The fourth-order valence-corrected chi connectivity index (χ4v) is 3.56. The first kappa shape index (κ1) is 21.7. The summed E-state index contributed by atoms with van der Waals surface area (Å²) < 4.78 is 18.6. The van der Waals surface area contributed by atoms with Gasteiger partial charge in [-0.25, -0.2) is 14.4 Å². The third-order valence-electron chi connectivity index (χ3n) is 5.34. The average molecular weight is 436 g/mol. The molecular formula is C24H26FN5O2. The van der Waals surface area contributed by atoms with Gasteiger partial charge in [0.25, 0.3) is 5.91 Å². The molecule has 0 bridgehead atoms. The maximum atomic E-state index is 13.0. The molecule has 1 aliphatic heterocycles. The Hall–Kier alpha value is -3.52. The Morgan fingerprint density at radius 2 is 1.78 bits per heavy atom. The molecule has 0 saturated carbocycles. The van der Waals surface area contributed by atoms with Crippen LogP contribution in [0.15, 0.2) is 67.0 Å². The second-order valence-electron chi connectivity index (χ2n) is 7.71. The van der Waals surface area contributed by atoms with Crippen molar-refractivity contribution < 1.29 is 13.9 Å². The van der Waals surface area contributed by atoms with Crippen LogP contribution in [0.3, 0.4) is 0 Å². The molecule has 2 heterocycles. The minimum absolute atomic E-state index is 0.341. The van der Waals surface area contributed by atoms with E-state index in [0.717, 1.165) is 38.5 Å². The van der Waals surface area contributed by atoms with Crippen LogP contribution in [0.1, 0.15) is 12.5 Å². The zero-order valence-corrected chi connectivity index (χ0v) is 17.9. The van der Waals surface area contributed by atoms with Crippen LogP contribution in [-0.2, 0) is 11.3 Å². The molecule has 166 valence electrons. The minimum atomic E-state index is -0.764. The summed E-state index contributed by atoms with van der Waals surface area (Å²) in [5.74, 6) is 0.921. The summed E-state index contributed by atoms with van der Waals surface area (Å²) in [4.78, 5) is 25.6. The highest BCUT2D eigenvalue weighted by atomic mass is 19.1. The summed E-state index contributed by atoms with van der Waals surface area (Å²) in [5.41, 5.74) is 1.31. The minimum Gasteiger partial charge on any atom is -0.481 e. The Bertz CT molecular complexity index is 1020.